The highest BCUT2D eigenvalue weighted by molar-refractivity contribution is 5.91. The Morgan fingerprint density at radius 1 is 1.19 bits per heavy atom. The van der Waals surface area contributed by atoms with Crippen molar-refractivity contribution in [2.45, 2.75) is 105 Å². The number of aliphatic carboxylic acids is 1. The second-order valence-electron chi connectivity index (χ2n) is 10.7. The minimum atomic E-state index is -1.00. The quantitative estimate of drug-likeness (QED) is 0.522. The first-order chi connectivity index (χ1) is 14.7. The molecule has 1 aliphatic heterocycles. The second-order valence-corrected chi connectivity index (χ2v) is 10.7. The van der Waals surface area contributed by atoms with Gasteiger partial charge in [-0.15, -0.1) is 0 Å². The fourth-order valence-corrected chi connectivity index (χ4v) is 4.31. The van der Waals surface area contributed by atoms with Gasteiger partial charge in [0.05, 0.1) is 12.1 Å². The molecule has 184 valence electrons. The lowest BCUT2D eigenvalue weighted by Crippen LogP contribution is -2.60. The summed E-state index contributed by atoms with van der Waals surface area (Å²) in [6.45, 7) is 16.5. The number of carboxylic acid groups (broad SMARTS) is 1. The molecule has 0 radical (unpaired) electrons. The number of carbonyl (C=O) groups excluding carboxylic acids is 2. The molecule has 0 spiro atoms. The van der Waals surface area contributed by atoms with E-state index in [0.29, 0.717) is 6.04 Å². The van der Waals surface area contributed by atoms with Crippen molar-refractivity contribution >= 4 is 17.8 Å². The number of hydrogen-bond donors (Lipinski definition) is 2. The van der Waals surface area contributed by atoms with E-state index in [1.807, 2.05) is 34.6 Å². The molecule has 0 saturated carbocycles. The van der Waals surface area contributed by atoms with Gasteiger partial charge < -0.3 is 15.3 Å². The van der Waals surface area contributed by atoms with E-state index in [0.717, 1.165) is 32.2 Å². The summed E-state index contributed by atoms with van der Waals surface area (Å²) in [6, 6.07) is -1.00. The standard InChI is InChI=1S/C25H45N3O4/c1-10-18(5)28-14-12-11-13-19(28)22(29)26-21(25(6,7)8)23(30)27(9)20(16(2)3)15-17(4)24(31)32/h15-16,18-21H,10-14H2,1-9H3,(H,26,29)(H,31,32)/t18?,19-,20-,21?/m1/s1. The minimum absolute atomic E-state index is 0.0220. The third-order valence-corrected chi connectivity index (χ3v) is 6.64. The van der Waals surface area contributed by atoms with Gasteiger partial charge in [0, 0.05) is 18.7 Å². The molecule has 1 aliphatic rings. The molecule has 0 bridgehead atoms. The van der Waals surface area contributed by atoms with Crippen LogP contribution in [0.5, 0.6) is 0 Å². The number of likely N-dealkylation sites (tertiary alicyclic amines) is 1. The number of nitrogens with zero attached hydrogens (tertiary/aromatic N) is 2. The van der Waals surface area contributed by atoms with Crippen molar-refractivity contribution in [2.75, 3.05) is 13.6 Å². The van der Waals surface area contributed by atoms with Crippen molar-refractivity contribution in [1.29, 1.82) is 0 Å². The summed E-state index contributed by atoms with van der Waals surface area (Å²) >= 11 is 0. The van der Waals surface area contributed by atoms with Crippen LogP contribution >= 0.6 is 0 Å². The van der Waals surface area contributed by atoms with Gasteiger partial charge in [-0.3, -0.25) is 14.5 Å². The van der Waals surface area contributed by atoms with Crippen molar-refractivity contribution < 1.29 is 19.5 Å². The third kappa shape index (κ3) is 7.32. The van der Waals surface area contributed by atoms with Crippen molar-refractivity contribution in [3.63, 3.8) is 0 Å². The highest BCUT2D eigenvalue weighted by atomic mass is 16.4. The van der Waals surface area contributed by atoms with Crippen LogP contribution in [0.4, 0.5) is 0 Å². The Morgan fingerprint density at radius 2 is 1.78 bits per heavy atom. The first kappa shape index (κ1) is 28.1. The summed E-state index contributed by atoms with van der Waals surface area (Å²) in [4.78, 5) is 42.2. The summed E-state index contributed by atoms with van der Waals surface area (Å²) in [7, 11) is 1.69. The summed E-state index contributed by atoms with van der Waals surface area (Å²) in [5.74, 6) is -1.27. The molecule has 0 aromatic carbocycles. The number of likely N-dealkylation sites (N-methyl/N-ethyl adjacent to an activating group) is 1. The van der Waals surface area contributed by atoms with E-state index in [9.17, 15) is 19.5 Å². The van der Waals surface area contributed by atoms with E-state index in [2.05, 4.69) is 24.1 Å². The van der Waals surface area contributed by atoms with Crippen molar-refractivity contribution in [3.8, 4) is 0 Å². The molecule has 1 fully saturated rings. The molecule has 0 aromatic heterocycles. The first-order valence-corrected chi connectivity index (χ1v) is 12.0. The molecular formula is C25H45N3O4. The number of nitrogens with one attached hydrogen (secondary N) is 1. The number of piperidine rings is 1. The maximum atomic E-state index is 13.6. The average molecular weight is 452 g/mol. The average Bonchev–Trinajstić information content (AvgIpc) is 2.72. The van der Waals surface area contributed by atoms with Crippen LogP contribution in [0, 0.1) is 11.3 Å². The zero-order valence-electron chi connectivity index (χ0n) is 21.6. The minimum Gasteiger partial charge on any atom is -0.478 e. The summed E-state index contributed by atoms with van der Waals surface area (Å²) in [5, 5.41) is 12.4. The van der Waals surface area contributed by atoms with Gasteiger partial charge in [-0.05, 0) is 51.0 Å². The van der Waals surface area contributed by atoms with Gasteiger partial charge in [0.25, 0.3) is 0 Å². The van der Waals surface area contributed by atoms with Gasteiger partial charge in [0.1, 0.15) is 6.04 Å². The van der Waals surface area contributed by atoms with E-state index in [1.165, 1.54) is 6.92 Å². The fraction of sp³-hybridized carbons (Fsp3) is 0.800. The third-order valence-electron chi connectivity index (χ3n) is 6.64. The number of carboxylic acids is 1. The van der Waals surface area contributed by atoms with Crippen LogP contribution < -0.4 is 5.32 Å². The van der Waals surface area contributed by atoms with E-state index in [1.54, 1.807) is 18.0 Å². The van der Waals surface area contributed by atoms with Gasteiger partial charge in [-0.1, -0.05) is 54.0 Å². The smallest absolute Gasteiger partial charge is 0.331 e. The highest BCUT2D eigenvalue weighted by Gasteiger charge is 2.40. The number of carbonyl (C=O) groups is 3. The van der Waals surface area contributed by atoms with Gasteiger partial charge in [-0.25, -0.2) is 4.79 Å². The van der Waals surface area contributed by atoms with Crippen LogP contribution in [0.1, 0.15) is 81.1 Å². The zero-order chi connectivity index (χ0) is 24.8. The second kappa shape index (κ2) is 11.8. The first-order valence-electron chi connectivity index (χ1n) is 12.0. The number of hydrogen-bond acceptors (Lipinski definition) is 4. The van der Waals surface area contributed by atoms with Crippen molar-refractivity contribution in [1.82, 2.24) is 15.1 Å². The molecule has 1 rings (SSSR count). The lowest BCUT2D eigenvalue weighted by Gasteiger charge is -2.41. The van der Waals surface area contributed by atoms with Crippen LogP contribution in [0.3, 0.4) is 0 Å². The predicted molar refractivity (Wildman–Crippen MR) is 128 cm³/mol. The molecular weight excluding hydrogens is 406 g/mol. The monoisotopic (exact) mass is 451 g/mol. The molecule has 0 aromatic rings. The lowest BCUT2D eigenvalue weighted by atomic mass is 9.84. The highest BCUT2D eigenvalue weighted by Crippen LogP contribution is 2.26. The van der Waals surface area contributed by atoms with E-state index >= 15 is 0 Å². The number of rotatable bonds is 9. The van der Waals surface area contributed by atoms with E-state index in [-0.39, 0.29) is 35.4 Å². The molecule has 1 saturated heterocycles. The molecule has 2 amide bonds. The molecule has 0 aliphatic carbocycles. The van der Waals surface area contributed by atoms with Crippen LogP contribution in [-0.2, 0) is 14.4 Å². The maximum absolute atomic E-state index is 13.6. The maximum Gasteiger partial charge on any atom is 0.331 e. The van der Waals surface area contributed by atoms with Gasteiger partial charge in [0.15, 0.2) is 0 Å². The van der Waals surface area contributed by atoms with Crippen LogP contribution in [0.25, 0.3) is 0 Å². The lowest BCUT2D eigenvalue weighted by molar-refractivity contribution is -0.142. The van der Waals surface area contributed by atoms with Crippen LogP contribution in [0.2, 0.25) is 0 Å². The Bertz CT molecular complexity index is 696. The largest absolute Gasteiger partial charge is 0.478 e. The number of amides is 2. The molecule has 1 heterocycles. The van der Waals surface area contributed by atoms with Crippen molar-refractivity contribution in [3.05, 3.63) is 11.6 Å². The van der Waals surface area contributed by atoms with Gasteiger partial charge >= 0.3 is 5.97 Å². The normalized spacial score (nSPS) is 21.1. The summed E-state index contributed by atoms with van der Waals surface area (Å²) < 4.78 is 0. The van der Waals surface area contributed by atoms with Crippen LogP contribution in [0.15, 0.2) is 11.6 Å². The molecule has 32 heavy (non-hydrogen) atoms. The molecule has 7 heteroatoms. The van der Waals surface area contributed by atoms with E-state index in [4.69, 9.17) is 0 Å². The Kier molecular flexibility index (Phi) is 10.4. The van der Waals surface area contributed by atoms with Crippen LogP contribution in [-0.4, -0.2) is 70.4 Å². The SMILES string of the molecule is CCC(C)N1CCCC[C@@H]1C(=O)NC(C(=O)N(C)[C@H](C=C(C)C(=O)O)C(C)C)C(C)(C)C. The predicted octanol–water partition coefficient (Wildman–Crippen LogP) is 3.68. The van der Waals surface area contributed by atoms with E-state index < -0.39 is 17.4 Å². The molecule has 2 N–H and O–H groups in total. The molecule has 2 unspecified atom stereocenters. The van der Waals surface area contributed by atoms with Crippen molar-refractivity contribution in [2.24, 2.45) is 11.3 Å². The summed E-state index contributed by atoms with van der Waals surface area (Å²) in [5.41, 5.74) is -0.296. The molecule has 7 nitrogen and oxygen atoms in total. The topological polar surface area (TPSA) is 90.0 Å². The van der Waals surface area contributed by atoms with Gasteiger partial charge in [-0.2, -0.15) is 0 Å². The summed E-state index contributed by atoms with van der Waals surface area (Å²) in [6.07, 6.45) is 5.49. The Balaban J connectivity index is 3.16. The zero-order valence-corrected chi connectivity index (χ0v) is 21.6. The molecule has 4 atom stereocenters. The Hall–Kier alpha value is -1.89. The Labute approximate surface area is 194 Å². The fourth-order valence-electron chi connectivity index (χ4n) is 4.31. The van der Waals surface area contributed by atoms with Gasteiger partial charge in [0.2, 0.25) is 11.8 Å². The Morgan fingerprint density at radius 3 is 2.25 bits per heavy atom.